The number of carbonyl (C=O) groups is 2. The largest absolute Gasteiger partial charge is 0.506 e. The number of anilines is 1. The molecule has 0 aliphatic heterocycles. The van der Waals surface area contributed by atoms with Crippen molar-refractivity contribution in [3.63, 3.8) is 0 Å². The van der Waals surface area contributed by atoms with Crippen LogP contribution in [-0.4, -0.2) is 34.9 Å². The maximum atomic E-state index is 12.3. The van der Waals surface area contributed by atoms with Gasteiger partial charge in [0.2, 0.25) is 0 Å². The van der Waals surface area contributed by atoms with Crippen molar-refractivity contribution < 1.29 is 14.7 Å². The molecule has 0 unspecified atom stereocenters. The van der Waals surface area contributed by atoms with Gasteiger partial charge in [-0.2, -0.15) is 0 Å². The summed E-state index contributed by atoms with van der Waals surface area (Å²) >= 11 is 0. The Balaban J connectivity index is 2.73. The number of aromatic hydroxyl groups is 1. The van der Waals surface area contributed by atoms with Gasteiger partial charge in [-0.3, -0.25) is 9.59 Å². The van der Waals surface area contributed by atoms with Gasteiger partial charge < -0.3 is 15.3 Å². The van der Waals surface area contributed by atoms with Crippen molar-refractivity contribution in [3.8, 4) is 5.75 Å². The van der Waals surface area contributed by atoms with E-state index in [9.17, 15) is 14.7 Å². The second-order valence-corrected chi connectivity index (χ2v) is 5.47. The number of unbranched alkanes of at least 4 members (excludes halogenated alkanes) is 2. The highest BCUT2D eigenvalue weighted by Crippen LogP contribution is 2.23. The van der Waals surface area contributed by atoms with Gasteiger partial charge in [-0.25, -0.2) is 0 Å². The number of nitrogens with zero attached hydrogens (tertiary/aromatic N) is 1. The summed E-state index contributed by atoms with van der Waals surface area (Å²) in [7, 11) is 0. The SMILES string of the molecule is CCCCN(CCCC)C(=O)C(=O)Nc1ccc(C)cc1O. The van der Waals surface area contributed by atoms with E-state index >= 15 is 0 Å². The number of phenolic OH excluding ortho intramolecular Hbond substituents is 1. The van der Waals surface area contributed by atoms with Crippen LogP contribution in [0.5, 0.6) is 5.75 Å². The maximum absolute atomic E-state index is 12.3. The number of phenols is 1. The minimum Gasteiger partial charge on any atom is -0.506 e. The van der Waals surface area contributed by atoms with Crippen LogP contribution in [0.3, 0.4) is 0 Å². The quantitative estimate of drug-likeness (QED) is 0.601. The minimum absolute atomic E-state index is 0.0326. The Kier molecular flexibility index (Phi) is 7.43. The number of rotatable bonds is 7. The van der Waals surface area contributed by atoms with Crippen molar-refractivity contribution in [1.29, 1.82) is 0 Å². The molecule has 0 bridgehead atoms. The van der Waals surface area contributed by atoms with Crippen LogP contribution < -0.4 is 5.32 Å². The smallest absolute Gasteiger partial charge is 0.314 e. The van der Waals surface area contributed by atoms with Gasteiger partial charge in [0.05, 0.1) is 5.69 Å². The number of aryl methyl sites for hydroxylation is 1. The van der Waals surface area contributed by atoms with Crippen molar-refractivity contribution >= 4 is 17.5 Å². The summed E-state index contributed by atoms with van der Waals surface area (Å²) in [4.78, 5) is 26.0. The van der Waals surface area contributed by atoms with Crippen molar-refractivity contribution in [2.45, 2.75) is 46.5 Å². The molecule has 0 spiro atoms. The summed E-state index contributed by atoms with van der Waals surface area (Å²) in [5.41, 5.74) is 1.14. The molecule has 2 N–H and O–H groups in total. The molecule has 0 saturated carbocycles. The molecule has 0 aliphatic rings. The molecule has 122 valence electrons. The summed E-state index contributed by atoms with van der Waals surface area (Å²) in [6, 6.07) is 4.91. The summed E-state index contributed by atoms with van der Waals surface area (Å²) in [6.07, 6.45) is 3.68. The second-order valence-electron chi connectivity index (χ2n) is 5.47. The Labute approximate surface area is 132 Å². The highest BCUT2D eigenvalue weighted by atomic mass is 16.3. The molecular formula is C17H26N2O3. The van der Waals surface area contributed by atoms with E-state index in [1.165, 1.54) is 0 Å². The number of amides is 2. The van der Waals surface area contributed by atoms with E-state index in [2.05, 4.69) is 5.32 Å². The predicted molar refractivity (Wildman–Crippen MR) is 87.9 cm³/mol. The first-order valence-corrected chi connectivity index (χ1v) is 7.89. The molecule has 2 amide bonds. The molecule has 0 fully saturated rings. The van der Waals surface area contributed by atoms with E-state index in [0.29, 0.717) is 13.1 Å². The van der Waals surface area contributed by atoms with Crippen LogP contribution in [0.25, 0.3) is 0 Å². The van der Waals surface area contributed by atoms with E-state index in [0.717, 1.165) is 31.2 Å². The van der Waals surface area contributed by atoms with Crippen LogP contribution in [0.2, 0.25) is 0 Å². The molecule has 0 aliphatic carbocycles. The molecule has 1 aromatic rings. The number of hydrogen-bond donors (Lipinski definition) is 2. The zero-order valence-electron chi connectivity index (χ0n) is 13.7. The summed E-state index contributed by atoms with van der Waals surface area (Å²) in [5.74, 6) is -1.27. The van der Waals surface area contributed by atoms with Crippen LogP contribution >= 0.6 is 0 Å². The van der Waals surface area contributed by atoms with E-state index < -0.39 is 11.8 Å². The lowest BCUT2D eigenvalue weighted by molar-refractivity contribution is -0.143. The molecule has 5 heteroatoms. The first-order valence-electron chi connectivity index (χ1n) is 7.89. The number of carbonyl (C=O) groups excluding carboxylic acids is 2. The van der Waals surface area contributed by atoms with E-state index in [4.69, 9.17) is 0 Å². The Morgan fingerprint density at radius 1 is 1.14 bits per heavy atom. The molecule has 1 rings (SSSR count). The maximum Gasteiger partial charge on any atom is 0.314 e. The monoisotopic (exact) mass is 306 g/mol. The summed E-state index contributed by atoms with van der Waals surface area (Å²) in [6.45, 7) is 7.11. The van der Waals surface area contributed by atoms with Gasteiger partial charge in [0.25, 0.3) is 0 Å². The molecule has 0 saturated heterocycles. The van der Waals surface area contributed by atoms with E-state index in [-0.39, 0.29) is 11.4 Å². The second kappa shape index (κ2) is 9.07. The molecule has 1 aromatic carbocycles. The number of benzene rings is 1. The van der Waals surface area contributed by atoms with Gasteiger partial charge in [0.1, 0.15) is 5.75 Å². The van der Waals surface area contributed by atoms with Gasteiger partial charge in [-0.1, -0.05) is 32.8 Å². The van der Waals surface area contributed by atoms with Crippen LogP contribution in [0.15, 0.2) is 18.2 Å². The Hall–Kier alpha value is -2.04. The first-order chi connectivity index (χ1) is 10.5. The Morgan fingerprint density at radius 2 is 1.73 bits per heavy atom. The zero-order valence-corrected chi connectivity index (χ0v) is 13.7. The molecule has 5 nitrogen and oxygen atoms in total. The topological polar surface area (TPSA) is 69.6 Å². The number of nitrogens with one attached hydrogen (secondary N) is 1. The third kappa shape index (κ3) is 5.39. The average Bonchev–Trinajstić information content (AvgIpc) is 2.49. The zero-order chi connectivity index (χ0) is 16.5. The molecule has 0 aromatic heterocycles. The van der Waals surface area contributed by atoms with E-state index in [1.54, 1.807) is 23.1 Å². The lowest BCUT2D eigenvalue weighted by atomic mass is 10.2. The van der Waals surface area contributed by atoms with Gasteiger partial charge in [-0.05, 0) is 37.5 Å². The van der Waals surface area contributed by atoms with Crippen molar-refractivity contribution in [3.05, 3.63) is 23.8 Å². The standard InChI is InChI=1S/C17H26N2O3/c1-4-6-10-19(11-7-5-2)17(22)16(21)18-14-9-8-13(3)12-15(14)20/h8-9,12,20H,4-7,10-11H2,1-3H3,(H,18,21). The van der Waals surface area contributed by atoms with Gasteiger partial charge in [0.15, 0.2) is 0 Å². The Morgan fingerprint density at radius 3 is 2.23 bits per heavy atom. The average molecular weight is 306 g/mol. The first kappa shape index (κ1) is 18.0. The van der Waals surface area contributed by atoms with Crippen LogP contribution in [-0.2, 0) is 9.59 Å². The third-order valence-electron chi connectivity index (χ3n) is 3.45. The van der Waals surface area contributed by atoms with Gasteiger partial charge in [0, 0.05) is 13.1 Å². The number of hydrogen-bond acceptors (Lipinski definition) is 3. The fraction of sp³-hybridized carbons (Fsp3) is 0.529. The van der Waals surface area contributed by atoms with Crippen molar-refractivity contribution in [2.75, 3.05) is 18.4 Å². The Bertz CT molecular complexity index is 507. The van der Waals surface area contributed by atoms with Crippen LogP contribution in [0.4, 0.5) is 5.69 Å². The highest BCUT2D eigenvalue weighted by molar-refractivity contribution is 6.39. The van der Waals surface area contributed by atoms with Crippen LogP contribution in [0, 0.1) is 6.92 Å². The predicted octanol–water partition coefficient (Wildman–Crippen LogP) is 3.07. The normalized spacial score (nSPS) is 10.3. The summed E-state index contributed by atoms with van der Waals surface area (Å²) < 4.78 is 0. The van der Waals surface area contributed by atoms with Crippen molar-refractivity contribution in [1.82, 2.24) is 4.90 Å². The fourth-order valence-corrected chi connectivity index (χ4v) is 2.08. The van der Waals surface area contributed by atoms with Gasteiger partial charge >= 0.3 is 11.8 Å². The molecule has 0 heterocycles. The molecule has 0 atom stereocenters. The third-order valence-corrected chi connectivity index (χ3v) is 3.45. The molecule has 22 heavy (non-hydrogen) atoms. The molecular weight excluding hydrogens is 280 g/mol. The minimum atomic E-state index is -0.702. The van der Waals surface area contributed by atoms with Crippen LogP contribution in [0.1, 0.15) is 45.1 Å². The van der Waals surface area contributed by atoms with Gasteiger partial charge in [-0.15, -0.1) is 0 Å². The highest BCUT2D eigenvalue weighted by Gasteiger charge is 2.21. The lowest BCUT2D eigenvalue weighted by Gasteiger charge is -2.21. The fourth-order valence-electron chi connectivity index (χ4n) is 2.08. The van der Waals surface area contributed by atoms with E-state index in [1.807, 2.05) is 20.8 Å². The summed E-state index contributed by atoms with van der Waals surface area (Å²) in [5, 5.41) is 12.3. The lowest BCUT2D eigenvalue weighted by Crippen LogP contribution is -2.40. The van der Waals surface area contributed by atoms with Crippen molar-refractivity contribution in [2.24, 2.45) is 0 Å². The molecule has 0 radical (unpaired) electrons.